The molecule has 5 rings (SSSR count). The number of anilines is 1. The van der Waals surface area contributed by atoms with Crippen molar-refractivity contribution in [2.75, 3.05) is 12.0 Å². The van der Waals surface area contributed by atoms with Crippen molar-refractivity contribution in [1.29, 1.82) is 0 Å². The second-order valence-electron chi connectivity index (χ2n) is 7.95. The fraction of sp³-hybridized carbons (Fsp3) is 0.192. The van der Waals surface area contributed by atoms with Gasteiger partial charge in [0.05, 0.1) is 19.2 Å². The predicted octanol–water partition coefficient (Wildman–Crippen LogP) is 4.98. The summed E-state index contributed by atoms with van der Waals surface area (Å²) in [6, 6.07) is 25.6. The van der Waals surface area contributed by atoms with Crippen molar-refractivity contribution in [1.82, 2.24) is 14.8 Å². The molecule has 0 fully saturated rings. The van der Waals surface area contributed by atoms with Crippen LogP contribution in [0.15, 0.2) is 85.2 Å². The number of methoxy groups -OCH3 is 1. The van der Waals surface area contributed by atoms with E-state index in [2.05, 4.69) is 22.2 Å². The average molecular weight is 425 g/mol. The minimum absolute atomic E-state index is 0.0262. The van der Waals surface area contributed by atoms with E-state index in [0.29, 0.717) is 17.9 Å². The fourth-order valence-electron chi connectivity index (χ4n) is 4.43. The summed E-state index contributed by atoms with van der Waals surface area (Å²) in [4.78, 5) is 20.2. The van der Waals surface area contributed by atoms with Gasteiger partial charge >= 0.3 is 0 Å². The van der Waals surface area contributed by atoms with Gasteiger partial charge in [-0.05, 0) is 48.2 Å². The van der Waals surface area contributed by atoms with E-state index in [1.165, 1.54) is 6.33 Å². The number of aromatic nitrogens is 3. The Morgan fingerprint density at radius 1 is 0.906 bits per heavy atom. The van der Waals surface area contributed by atoms with E-state index in [1.54, 1.807) is 12.0 Å². The Morgan fingerprint density at radius 3 is 2.31 bits per heavy atom. The molecule has 0 unspecified atom stereocenters. The first kappa shape index (κ1) is 20.0. The molecule has 0 spiro atoms. The van der Waals surface area contributed by atoms with Crippen molar-refractivity contribution < 1.29 is 9.53 Å². The van der Waals surface area contributed by atoms with E-state index in [4.69, 9.17) is 4.74 Å². The Labute approximate surface area is 187 Å². The normalized spacial score (nSPS) is 17.6. The Balaban J connectivity index is 1.65. The summed E-state index contributed by atoms with van der Waals surface area (Å²) in [5.41, 5.74) is 3.77. The van der Waals surface area contributed by atoms with Crippen LogP contribution in [0.2, 0.25) is 0 Å². The molecule has 0 N–H and O–H groups in total. The Bertz CT molecular complexity index is 1230. The third kappa shape index (κ3) is 3.43. The third-order valence-corrected chi connectivity index (χ3v) is 6.10. The van der Waals surface area contributed by atoms with Gasteiger partial charge in [0, 0.05) is 5.56 Å². The number of carbonyl (C=O) groups excluding carboxylic acids is 1. The van der Waals surface area contributed by atoms with Crippen molar-refractivity contribution in [2.24, 2.45) is 0 Å². The average Bonchev–Trinajstić information content (AvgIpc) is 3.33. The van der Waals surface area contributed by atoms with Crippen LogP contribution in [0, 0.1) is 6.92 Å². The molecule has 0 saturated heterocycles. The number of nitrogens with zero attached hydrogens (tertiary/aromatic N) is 4. The van der Waals surface area contributed by atoms with Gasteiger partial charge < -0.3 is 4.74 Å². The molecule has 160 valence electrons. The lowest BCUT2D eigenvalue weighted by Crippen LogP contribution is -2.42. The molecule has 1 aromatic heterocycles. The molecule has 4 aromatic rings. The van der Waals surface area contributed by atoms with Crippen LogP contribution in [0.25, 0.3) is 0 Å². The number of amides is 1. The van der Waals surface area contributed by atoms with Gasteiger partial charge in [-0.25, -0.2) is 4.68 Å². The van der Waals surface area contributed by atoms with Gasteiger partial charge in [-0.1, -0.05) is 60.7 Å². The number of carbonyl (C=O) groups is 1. The highest BCUT2D eigenvalue weighted by molar-refractivity contribution is 6.06. The van der Waals surface area contributed by atoms with Crippen LogP contribution in [0.5, 0.6) is 5.75 Å². The molecule has 1 amide bonds. The van der Waals surface area contributed by atoms with Crippen LogP contribution >= 0.6 is 0 Å². The molecule has 0 aliphatic carbocycles. The molecule has 2 heterocycles. The van der Waals surface area contributed by atoms with E-state index < -0.39 is 0 Å². The minimum Gasteiger partial charge on any atom is -0.497 e. The number of ether oxygens (including phenoxy) is 1. The van der Waals surface area contributed by atoms with E-state index in [-0.39, 0.29) is 18.0 Å². The molecule has 1 aliphatic heterocycles. The molecule has 32 heavy (non-hydrogen) atoms. The Hall–Kier alpha value is -3.93. The number of hydrogen-bond acceptors (Lipinski definition) is 4. The maximum absolute atomic E-state index is 13.9. The van der Waals surface area contributed by atoms with Crippen molar-refractivity contribution in [3.8, 4) is 5.75 Å². The van der Waals surface area contributed by atoms with Gasteiger partial charge in [-0.2, -0.15) is 10.1 Å². The summed E-state index contributed by atoms with van der Waals surface area (Å²) < 4.78 is 7.21. The van der Waals surface area contributed by atoms with Crippen molar-refractivity contribution >= 4 is 11.9 Å². The molecule has 3 aromatic carbocycles. The van der Waals surface area contributed by atoms with E-state index in [9.17, 15) is 4.79 Å². The molecule has 0 saturated carbocycles. The maximum atomic E-state index is 13.9. The minimum atomic E-state index is -0.199. The molecule has 1 aliphatic rings. The van der Waals surface area contributed by atoms with Gasteiger partial charge in [-0.3, -0.25) is 9.69 Å². The number of rotatable bonds is 4. The quantitative estimate of drug-likeness (QED) is 0.464. The zero-order valence-electron chi connectivity index (χ0n) is 18.1. The summed E-state index contributed by atoms with van der Waals surface area (Å²) in [7, 11) is 1.65. The number of aryl methyl sites for hydroxylation is 1. The zero-order valence-corrected chi connectivity index (χ0v) is 18.1. The van der Waals surface area contributed by atoms with Gasteiger partial charge in [-0.15, -0.1) is 0 Å². The van der Waals surface area contributed by atoms with Crippen LogP contribution in [0.4, 0.5) is 5.95 Å². The summed E-state index contributed by atoms with van der Waals surface area (Å²) in [6.07, 6.45) is 2.21. The lowest BCUT2D eigenvalue weighted by Gasteiger charge is -2.39. The van der Waals surface area contributed by atoms with Gasteiger partial charge in [0.1, 0.15) is 12.1 Å². The summed E-state index contributed by atoms with van der Waals surface area (Å²) in [5, 5.41) is 4.51. The van der Waals surface area contributed by atoms with E-state index >= 15 is 0 Å². The molecule has 6 heteroatoms. The van der Waals surface area contributed by atoms with Crippen molar-refractivity contribution in [3.63, 3.8) is 0 Å². The number of benzene rings is 3. The number of hydrogen-bond donors (Lipinski definition) is 0. The highest BCUT2D eigenvalue weighted by Gasteiger charge is 2.40. The van der Waals surface area contributed by atoms with E-state index in [1.807, 2.05) is 78.3 Å². The standard InChI is InChI=1S/C26H24N4O2/c1-18-8-6-7-11-22(18)25(31)29-23(20-12-14-21(32-2)15-13-20)16-24(19-9-4-3-5-10-19)30-26(29)27-17-28-30/h3-15,17,23-24H,16H2,1-2H3/t23-,24+/m0/s1. The molecule has 0 radical (unpaired) electrons. The van der Waals surface area contributed by atoms with Crippen molar-refractivity contribution in [2.45, 2.75) is 25.4 Å². The van der Waals surface area contributed by atoms with Crippen LogP contribution in [0.1, 0.15) is 45.6 Å². The van der Waals surface area contributed by atoms with Crippen LogP contribution < -0.4 is 9.64 Å². The second-order valence-corrected chi connectivity index (χ2v) is 7.95. The van der Waals surface area contributed by atoms with Crippen LogP contribution in [-0.4, -0.2) is 27.8 Å². The lowest BCUT2D eigenvalue weighted by molar-refractivity contribution is 0.0962. The maximum Gasteiger partial charge on any atom is 0.261 e. The monoisotopic (exact) mass is 424 g/mol. The molecular weight excluding hydrogens is 400 g/mol. The van der Waals surface area contributed by atoms with Crippen LogP contribution in [0.3, 0.4) is 0 Å². The van der Waals surface area contributed by atoms with E-state index in [0.717, 1.165) is 22.4 Å². The third-order valence-electron chi connectivity index (χ3n) is 6.10. The van der Waals surface area contributed by atoms with Gasteiger partial charge in [0.2, 0.25) is 5.95 Å². The van der Waals surface area contributed by atoms with Gasteiger partial charge in [0.15, 0.2) is 0 Å². The summed E-state index contributed by atoms with van der Waals surface area (Å²) >= 11 is 0. The first-order valence-electron chi connectivity index (χ1n) is 10.6. The SMILES string of the molecule is COc1ccc([C@@H]2C[C@H](c3ccccc3)n3ncnc3N2C(=O)c2ccccc2C)cc1. The highest BCUT2D eigenvalue weighted by Crippen LogP contribution is 2.42. The molecule has 6 nitrogen and oxygen atoms in total. The molecule has 0 bridgehead atoms. The topological polar surface area (TPSA) is 60.2 Å². The largest absolute Gasteiger partial charge is 0.497 e. The second kappa shape index (κ2) is 8.30. The Morgan fingerprint density at radius 2 is 1.59 bits per heavy atom. The molecular formula is C26H24N4O2. The lowest BCUT2D eigenvalue weighted by atomic mass is 9.91. The summed E-state index contributed by atoms with van der Waals surface area (Å²) in [5.74, 6) is 1.26. The zero-order chi connectivity index (χ0) is 22.1. The highest BCUT2D eigenvalue weighted by atomic mass is 16.5. The fourth-order valence-corrected chi connectivity index (χ4v) is 4.43. The van der Waals surface area contributed by atoms with Crippen molar-refractivity contribution in [3.05, 3.63) is 107 Å². The Kier molecular flexibility index (Phi) is 5.19. The molecule has 2 atom stereocenters. The van der Waals surface area contributed by atoms with Crippen LogP contribution in [-0.2, 0) is 0 Å². The van der Waals surface area contributed by atoms with Gasteiger partial charge in [0.25, 0.3) is 5.91 Å². The first-order valence-corrected chi connectivity index (χ1v) is 10.6. The number of fused-ring (bicyclic) bond motifs is 1. The predicted molar refractivity (Wildman–Crippen MR) is 123 cm³/mol. The smallest absolute Gasteiger partial charge is 0.261 e. The first-order chi connectivity index (χ1) is 15.7. The summed E-state index contributed by atoms with van der Waals surface area (Å²) in [6.45, 7) is 1.96.